The highest BCUT2D eigenvalue weighted by atomic mass is 19.1. The molecule has 5 aromatic rings. The molecule has 33 heavy (non-hydrogen) atoms. The Bertz CT molecular complexity index is 1600. The van der Waals surface area contributed by atoms with E-state index < -0.39 is 0 Å². The largest absolute Gasteiger partial charge is 0.497 e. The van der Waals surface area contributed by atoms with Gasteiger partial charge in [-0.15, -0.1) is 0 Å². The molecule has 0 radical (unpaired) electrons. The number of pyridine rings is 3. The Morgan fingerprint density at radius 3 is 2.03 bits per heavy atom. The third-order valence-corrected chi connectivity index (χ3v) is 5.70. The lowest BCUT2D eigenvalue weighted by molar-refractivity contribution is 0.414. The minimum Gasteiger partial charge on any atom is -0.497 e. The maximum atomic E-state index is 14.1. The summed E-state index contributed by atoms with van der Waals surface area (Å²) in [5.74, 6) is 0.370. The van der Waals surface area contributed by atoms with Gasteiger partial charge in [-0.2, -0.15) is 0 Å². The van der Waals surface area contributed by atoms with Gasteiger partial charge in [-0.3, -0.25) is 9.59 Å². The highest BCUT2D eigenvalue weighted by molar-refractivity contribution is 5.91. The fraction of sp³-hybridized carbons (Fsp3) is 0.115. The van der Waals surface area contributed by atoms with Gasteiger partial charge >= 0.3 is 0 Å². The summed E-state index contributed by atoms with van der Waals surface area (Å²) in [6, 6.07) is 18.9. The molecule has 0 unspecified atom stereocenters. The minimum atomic E-state index is -0.373. The predicted molar refractivity (Wildman–Crippen MR) is 125 cm³/mol. The van der Waals surface area contributed by atoms with Gasteiger partial charge in [0.2, 0.25) is 0 Å². The molecule has 2 aromatic carbocycles. The number of hydrogen-bond donors (Lipinski definition) is 0. The van der Waals surface area contributed by atoms with Gasteiger partial charge in [0.25, 0.3) is 11.1 Å². The van der Waals surface area contributed by atoms with Crippen molar-refractivity contribution >= 4 is 21.8 Å². The average molecular weight is 441 g/mol. The summed E-state index contributed by atoms with van der Waals surface area (Å²) in [7, 11) is 1.60. The maximum absolute atomic E-state index is 14.1. The van der Waals surface area contributed by atoms with Crippen molar-refractivity contribution in [3.05, 3.63) is 117 Å². The normalized spacial score (nSPS) is 11.2. The van der Waals surface area contributed by atoms with Gasteiger partial charge < -0.3 is 13.9 Å². The quantitative estimate of drug-likeness (QED) is 0.388. The molecule has 164 valence electrons. The Balaban J connectivity index is 1.57. The summed E-state index contributed by atoms with van der Waals surface area (Å²) in [6.45, 7) is 0.471. The van der Waals surface area contributed by atoms with Crippen LogP contribution in [-0.4, -0.2) is 21.2 Å². The van der Waals surface area contributed by atoms with Crippen molar-refractivity contribution in [3.63, 3.8) is 0 Å². The van der Waals surface area contributed by atoms with Crippen molar-refractivity contribution in [1.82, 2.24) is 14.1 Å². The van der Waals surface area contributed by atoms with E-state index in [9.17, 15) is 14.0 Å². The summed E-state index contributed by atoms with van der Waals surface area (Å²) in [5, 5.41) is 0.680. The third-order valence-electron chi connectivity index (χ3n) is 5.70. The highest BCUT2D eigenvalue weighted by Gasteiger charge is 2.11. The van der Waals surface area contributed by atoms with Gasteiger partial charge in [0.1, 0.15) is 11.6 Å². The first-order valence-electron chi connectivity index (χ1n) is 10.4. The van der Waals surface area contributed by atoms with Gasteiger partial charge in [0, 0.05) is 18.0 Å². The number of hydrogen-bond acceptors (Lipinski definition) is 4. The Kier molecular flexibility index (Phi) is 5.22. The first-order valence-corrected chi connectivity index (χ1v) is 10.4. The van der Waals surface area contributed by atoms with Gasteiger partial charge in [0.05, 0.1) is 42.0 Å². The molecule has 0 fully saturated rings. The fourth-order valence-corrected chi connectivity index (χ4v) is 3.89. The highest BCUT2D eigenvalue weighted by Crippen LogP contribution is 2.16. The van der Waals surface area contributed by atoms with E-state index in [1.807, 2.05) is 24.3 Å². The van der Waals surface area contributed by atoms with Crippen molar-refractivity contribution in [2.75, 3.05) is 7.11 Å². The second kappa shape index (κ2) is 8.35. The summed E-state index contributed by atoms with van der Waals surface area (Å²) in [6.07, 6.45) is 3.30. The number of methoxy groups -OCH3 is 1. The molecule has 0 aliphatic rings. The SMILES string of the molecule is COc1ccc(Cn2ccc3nc4ccn(Cc5ccccc5F)c(=O)c4cc3c2=O)cc1. The first kappa shape index (κ1) is 20.6. The Hall–Kier alpha value is -4.26. The van der Waals surface area contributed by atoms with E-state index >= 15 is 0 Å². The number of nitrogens with zero attached hydrogens (tertiary/aromatic N) is 3. The second-order valence-electron chi connectivity index (χ2n) is 7.79. The lowest BCUT2D eigenvalue weighted by Crippen LogP contribution is -2.23. The average Bonchev–Trinajstić information content (AvgIpc) is 2.84. The lowest BCUT2D eigenvalue weighted by Gasteiger charge is -2.10. The number of halogens is 1. The zero-order valence-electron chi connectivity index (χ0n) is 17.9. The van der Waals surface area contributed by atoms with E-state index in [-0.39, 0.29) is 23.5 Å². The van der Waals surface area contributed by atoms with Crippen molar-refractivity contribution in [3.8, 4) is 5.75 Å². The van der Waals surface area contributed by atoms with Crippen LogP contribution in [0.2, 0.25) is 0 Å². The van der Waals surface area contributed by atoms with E-state index in [0.717, 1.165) is 11.3 Å². The van der Waals surface area contributed by atoms with Crippen molar-refractivity contribution in [1.29, 1.82) is 0 Å². The molecular formula is C26H20FN3O3. The lowest BCUT2D eigenvalue weighted by atomic mass is 10.1. The van der Waals surface area contributed by atoms with Crippen LogP contribution in [0.25, 0.3) is 21.8 Å². The van der Waals surface area contributed by atoms with E-state index in [1.54, 1.807) is 60.5 Å². The van der Waals surface area contributed by atoms with Crippen LogP contribution in [0.3, 0.4) is 0 Å². The molecule has 0 atom stereocenters. The molecule has 0 aliphatic heterocycles. The van der Waals surface area contributed by atoms with Crippen LogP contribution in [0.1, 0.15) is 11.1 Å². The summed E-state index contributed by atoms with van der Waals surface area (Å²) in [4.78, 5) is 30.8. The molecule has 3 heterocycles. The number of ether oxygens (including phenoxy) is 1. The Labute approximate surface area is 188 Å². The summed E-state index contributed by atoms with van der Waals surface area (Å²) >= 11 is 0. The van der Waals surface area contributed by atoms with E-state index in [1.165, 1.54) is 10.6 Å². The molecule has 0 amide bonds. The van der Waals surface area contributed by atoms with Crippen LogP contribution in [0.4, 0.5) is 4.39 Å². The smallest absolute Gasteiger partial charge is 0.260 e. The standard InChI is InChI=1S/C26H20FN3O3/c1-33-19-8-6-17(7-9-19)15-29-12-10-23-20(25(29)31)14-21-24(28-23)11-13-30(26(21)32)16-18-4-2-3-5-22(18)27/h2-14H,15-16H2,1H3. The molecule has 0 N–H and O–H groups in total. The van der Waals surface area contributed by atoms with E-state index in [2.05, 4.69) is 4.98 Å². The summed E-state index contributed by atoms with van der Waals surface area (Å²) in [5.41, 5.74) is 1.80. The number of benzene rings is 2. The van der Waals surface area contributed by atoms with Gasteiger partial charge in [0.15, 0.2) is 0 Å². The van der Waals surface area contributed by atoms with Gasteiger partial charge in [-0.1, -0.05) is 30.3 Å². The molecule has 0 saturated heterocycles. The van der Waals surface area contributed by atoms with E-state index in [4.69, 9.17) is 4.74 Å². The molecular weight excluding hydrogens is 421 g/mol. The molecule has 0 spiro atoms. The van der Waals surface area contributed by atoms with Gasteiger partial charge in [-0.05, 0) is 42.0 Å². The molecule has 0 bridgehead atoms. The molecule has 0 saturated carbocycles. The third kappa shape index (κ3) is 3.89. The number of rotatable bonds is 5. The van der Waals surface area contributed by atoms with Gasteiger partial charge in [-0.25, -0.2) is 9.37 Å². The molecule has 3 aromatic heterocycles. The van der Waals surface area contributed by atoms with Crippen LogP contribution in [0, 0.1) is 5.82 Å². The van der Waals surface area contributed by atoms with Crippen LogP contribution in [0.15, 0.2) is 88.7 Å². The van der Waals surface area contributed by atoms with Crippen LogP contribution in [0.5, 0.6) is 5.75 Å². The topological polar surface area (TPSA) is 66.1 Å². The minimum absolute atomic E-state index is 0.0932. The number of fused-ring (bicyclic) bond motifs is 2. The van der Waals surface area contributed by atoms with E-state index in [0.29, 0.717) is 33.9 Å². The molecule has 0 aliphatic carbocycles. The monoisotopic (exact) mass is 441 g/mol. The van der Waals surface area contributed by atoms with Crippen LogP contribution < -0.4 is 15.9 Å². The first-order chi connectivity index (χ1) is 16.0. The molecule has 5 rings (SSSR count). The van der Waals surface area contributed by atoms with Crippen LogP contribution >= 0.6 is 0 Å². The zero-order chi connectivity index (χ0) is 22.9. The predicted octanol–water partition coefficient (Wildman–Crippen LogP) is 3.96. The second-order valence-corrected chi connectivity index (χ2v) is 7.79. The Morgan fingerprint density at radius 1 is 0.818 bits per heavy atom. The van der Waals surface area contributed by atoms with Crippen molar-refractivity contribution < 1.29 is 9.13 Å². The van der Waals surface area contributed by atoms with Crippen molar-refractivity contribution in [2.45, 2.75) is 13.1 Å². The maximum Gasteiger partial charge on any atom is 0.260 e. The Morgan fingerprint density at radius 2 is 1.42 bits per heavy atom. The van der Waals surface area contributed by atoms with Crippen LogP contribution in [-0.2, 0) is 13.1 Å². The number of aromatic nitrogens is 3. The fourth-order valence-electron chi connectivity index (χ4n) is 3.89. The molecule has 6 nitrogen and oxygen atoms in total. The van der Waals surface area contributed by atoms with Crippen molar-refractivity contribution in [2.24, 2.45) is 0 Å². The zero-order valence-corrected chi connectivity index (χ0v) is 17.9. The molecule has 7 heteroatoms. The summed E-state index contributed by atoms with van der Waals surface area (Å²) < 4.78 is 22.3.